The average Bonchev–Trinajstić information content (AvgIpc) is 2.63. The maximum atomic E-state index is 9.49. The Morgan fingerprint density at radius 2 is 1.80 bits per heavy atom. The summed E-state index contributed by atoms with van der Waals surface area (Å²) >= 11 is 12.1. The van der Waals surface area contributed by atoms with Crippen molar-refractivity contribution in [3.8, 4) is 34.2 Å². The molecule has 0 aliphatic heterocycles. The van der Waals surface area contributed by atoms with E-state index in [2.05, 4.69) is 11.1 Å². The van der Waals surface area contributed by atoms with E-state index in [1.165, 1.54) is 0 Å². The lowest BCUT2D eigenvalue weighted by Crippen LogP contribution is -2.00. The summed E-state index contributed by atoms with van der Waals surface area (Å²) in [5.74, 6) is 0.811. The first kappa shape index (κ1) is 17.1. The average molecular weight is 370 g/mol. The number of aromatic nitrogens is 1. The lowest BCUT2D eigenvalue weighted by molar-refractivity contribution is 0.416. The predicted molar refractivity (Wildman–Crippen MR) is 101 cm³/mol. The Morgan fingerprint density at radius 1 is 1.04 bits per heavy atom. The molecule has 3 rings (SSSR count). The van der Waals surface area contributed by atoms with Crippen LogP contribution >= 0.6 is 23.2 Å². The number of benzene rings is 2. The molecule has 25 heavy (non-hydrogen) atoms. The number of halogens is 2. The van der Waals surface area contributed by atoms with Crippen molar-refractivity contribution in [3.63, 3.8) is 0 Å². The van der Waals surface area contributed by atoms with E-state index in [0.717, 1.165) is 11.1 Å². The summed E-state index contributed by atoms with van der Waals surface area (Å²) in [6, 6.07) is 16.5. The highest BCUT2D eigenvalue weighted by Gasteiger charge is 2.16. The van der Waals surface area contributed by atoms with Gasteiger partial charge in [0.15, 0.2) is 0 Å². The number of anilines is 1. The first-order valence-corrected chi connectivity index (χ1v) is 8.10. The summed E-state index contributed by atoms with van der Waals surface area (Å²) in [7, 11) is 1.59. The normalized spacial score (nSPS) is 10.3. The highest BCUT2D eigenvalue weighted by molar-refractivity contribution is 6.42. The van der Waals surface area contributed by atoms with Crippen LogP contribution in [0.1, 0.15) is 5.56 Å². The summed E-state index contributed by atoms with van der Waals surface area (Å²) in [4.78, 5) is 4.37. The van der Waals surface area contributed by atoms with E-state index in [1.54, 1.807) is 31.4 Å². The van der Waals surface area contributed by atoms with E-state index in [-0.39, 0.29) is 11.4 Å². The third kappa shape index (κ3) is 3.25. The van der Waals surface area contributed by atoms with Gasteiger partial charge in [-0.15, -0.1) is 0 Å². The van der Waals surface area contributed by atoms with Crippen LogP contribution in [-0.2, 0) is 0 Å². The second-order valence-electron chi connectivity index (χ2n) is 5.26. The monoisotopic (exact) mass is 369 g/mol. The lowest BCUT2D eigenvalue weighted by Gasteiger charge is -2.13. The third-order valence-electron chi connectivity index (χ3n) is 3.77. The van der Waals surface area contributed by atoms with E-state index in [1.807, 2.05) is 24.3 Å². The van der Waals surface area contributed by atoms with Crippen molar-refractivity contribution in [2.45, 2.75) is 0 Å². The minimum atomic E-state index is 0.145. The zero-order valence-corrected chi connectivity index (χ0v) is 14.8. The molecular formula is C19H13Cl2N3O. The molecule has 1 aromatic heterocycles. The number of nitrogens with zero attached hydrogens (tertiary/aromatic N) is 2. The molecular weight excluding hydrogens is 357 g/mol. The van der Waals surface area contributed by atoms with Crippen LogP contribution in [-0.4, -0.2) is 12.1 Å². The molecule has 0 spiro atoms. The molecule has 0 saturated heterocycles. The minimum Gasteiger partial charge on any atom is -0.496 e. The van der Waals surface area contributed by atoms with Gasteiger partial charge in [-0.25, -0.2) is 4.98 Å². The second kappa shape index (κ2) is 7.02. The standard InChI is InChI=1S/C19H13Cl2N3O/c1-25-18-5-3-2-4-12(18)17-9-13(14(10-22)19(23)24-17)11-6-7-15(20)16(21)8-11/h2-9H,1H3,(H2,23,24). The van der Waals surface area contributed by atoms with Gasteiger partial charge < -0.3 is 10.5 Å². The van der Waals surface area contributed by atoms with Crippen LogP contribution in [0, 0.1) is 11.3 Å². The summed E-state index contributed by atoms with van der Waals surface area (Å²) in [5.41, 5.74) is 9.08. The zero-order valence-electron chi connectivity index (χ0n) is 13.3. The molecule has 0 aliphatic rings. The van der Waals surface area contributed by atoms with Crippen LogP contribution in [0.5, 0.6) is 5.75 Å². The Labute approximate surface area is 155 Å². The Hall–Kier alpha value is -2.74. The fourth-order valence-electron chi connectivity index (χ4n) is 2.57. The summed E-state index contributed by atoms with van der Waals surface area (Å²) in [6.45, 7) is 0. The topological polar surface area (TPSA) is 71.9 Å². The fourth-order valence-corrected chi connectivity index (χ4v) is 2.87. The molecule has 0 fully saturated rings. The van der Waals surface area contributed by atoms with Crippen LogP contribution in [0.25, 0.3) is 22.4 Å². The molecule has 4 nitrogen and oxygen atoms in total. The van der Waals surface area contributed by atoms with Gasteiger partial charge in [0.1, 0.15) is 23.2 Å². The Balaban J connectivity index is 2.26. The summed E-state index contributed by atoms with van der Waals surface area (Å²) in [5, 5.41) is 10.3. The van der Waals surface area contributed by atoms with Crippen LogP contribution < -0.4 is 10.5 Å². The van der Waals surface area contributed by atoms with Gasteiger partial charge in [-0.05, 0) is 35.9 Å². The van der Waals surface area contributed by atoms with E-state index in [0.29, 0.717) is 27.1 Å². The van der Waals surface area contributed by atoms with Crippen molar-refractivity contribution in [3.05, 3.63) is 64.1 Å². The summed E-state index contributed by atoms with van der Waals surface area (Å²) < 4.78 is 5.39. The number of nitrogen functional groups attached to an aromatic ring is 1. The van der Waals surface area contributed by atoms with Crippen LogP contribution in [0.2, 0.25) is 10.0 Å². The van der Waals surface area contributed by atoms with Gasteiger partial charge in [0.2, 0.25) is 0 Å². The van der Waals surface area contributed by atoms with Gasteiger partial charge in [-0.3, -0.25) is 0 Å². The highest BCUT2D eigenvalue weighted by Crippen LogP contribution is 2.36. The van der Waals surface area contributed by atoms with Crippen molar-refractivity contribution < 1.29 is 4.74 Å². The van der Waals surface area contributed by atoms with E-state index < -0.39 is 0 Å². The van der Waals surface area contributed by atoms with Gasteiger partial charge in [0.05, 0.1) is 22.8 Å². The van der Waals surface area contributed by atoms with Crippen molar-refractivity contribution in [1.29, 1.82) is 5.26 Å². The van der Waals surface area contributed by atoms with Crippen LogP contribution in [0.4, 0.5) is 5.82 Å². The quantitative estimate of drug-likeness (QED) is 0.689. The van der Waals surface area contributed by atoms with E-state index in [4.69, 9.17) is 33.7 Å². The minimum absolute atomic E-state index is 0.145. The number of nitrogens with two attached hydrogens (primary N) is 1. The number of hydrogen-bond donors (Lipinski definition) is 1. The zero-order chi connectivity index (χ0) is 18.0. The van der Waals surface area contributed by atoms with E-state index in [9.17, 15) is 5.26 Å². The smallest absolute Gasteiger partial charge is 0.142 e. The van der Waals surface area contributed by atoms with Crippen molar-refractivity contribution in [1.82, 2.24) is 4.98 Å². The molecule has 124 valence electrons. The number of rotatable bonds is 3. The largest absolute Gasteiger partial charge is 0.496 e. The molecule has 0 unspecified atom stereocenters. The van der Waals surface area contributed by atoms with E-state index >= 15 is 0 Å². The number of ether oxygens (including phenoxy) is 1. The fraction of sp³-hybridized carbons (Fsp3) is 0.0526. The van der Waals surface area contributed by atoms with Crippen molar-refractivity contribution >= 4 is 29.0 Å². The molecule has 2 N–H and O–H groups in total. The number of pyridine rings is 1. The molecule has 2 aromatic carbocycles. The Bertz CT molecular complexity index is 996. The first-order valence-electron chi connectivity index (χ1n) is 7.34. The molecule has 0 bridgehead atoms. The molecule has 0 radical (unpaired) electrons. The van der Waals surface area contributed by atoms with Gasteiger partial charge >= 0.3 is 0 Å². The van der Waals surface area contributed by atoms with Crippen LogP contribution in [0.3, 0.4) is 0 Å². The number of nitriles is 1. The van der Waals surface area contributed by atoms with Crippen molar-refractivity contribution in [2.75, 3.05) is 12.8 Å². The lowest BCUT2D eigenvalue weighted by atomic mass is 9.98. The van der Waals surface area contributed by atoms with Gasteiger partial charge in [-0.1, -0.05) is 41.4 Å². The van der Waals surface area contributed by atoms with Gasteiger partial charge in [0, 0.05) is 11.1 Å². The molecule has 3 aromatic rings. The number of para-hydroxylation sites is 1. The number of methoxy groups -OCH3 is 1. The maximum absolute atomic E-state index is 9.49. The molecule has 6 heteroatoms. The highest BCUT2D eigenvalue weighted by atomic mass is 35.5. The first-order chi connectivity index (χ1) is 12.0. The Morgan fingerprint density at radius 3 is 2.48 bits per heavy atom. The second-order valence-corrected chi connectivity index (χ2v) is 6.07. The molecule has 0 amide bonds. The van der Waals surface area contributed by atoms with Gasteiger partial charge in [-0.2, -0.15) is 5.26 Å². The molecule has 1 heterocycles. The van der Waals surface area contributed by atoms with Gasteiger partial charge in [0.25, 0.3) is 0 Å². The third-order valence-corrected chi connectivity index (χ3v) is 4.51. The molecule has 0 atom stereocenters. The predicted octanol–water partition coefficient (Wildman–Crippen LogP) is 5.18. The molecule has 0 aliphatic carbocycles. The van der Waals surface area contributed by atoms with Crippen molar-refractivity contribution in [2.24, 2.45) is 0 Å². The Kier molecular flexibility index (Phi) is 4.80. The molecule has 0 saturated carbocycles. The van der Waals surface area contributed by atoms with Crippen LogP contribution in [0.15, 0.2) is 48.5 Å². The SMILES string of the molecule is COc1ccccc1-c1cc(-c2ccc(Cl)c(Cl)c2)c(C#N)c(N)n1. The maximum Gasteiger partial charge on any atom is 0.142 e. The number of hydrogen-bond acceptors (Lipinski definition) is 4. The summed E-state index contributed by atoms with van der Waals surface area (Å²) in [6.07, 6.45) is 0.